The molecule has 0 unspecified atom stereocenters. The molecule has 0 fully saturated rings. The predicted octanol–water partition coefficient (Wildman–Crippen LogP) is 2.05. The summed E-state index contributed by atoms with van der Waals surface area (Å²) in [6, 6.07) is 0. The molecule has 0 saturated heterocycles. The summed E-state index contributed by atoms with van der Waals surface area (Å²) in [6.07, 6.45) is 1.33. The third-order valence-electron chi connectivity index (χ3n) is 3.16. The second kappa shape index (κ2) is 10.6. The Balaban J connectivity index is 4.65. The average Bonchev–Trinajstić information content (AvgIpc) is 2.36. The SMILES string of the molecule is CCOC(=O)CN(CC(C)C)C(=O)C[C@@H](CN)CC(C)C. The molecule has 0 aromatic heterocycles. The number of hydrogen-bond acceptors (Lipinski definition) is 4. The van der Waals surface area contributed by atoms with Crippen LogP contribution in [-0.4, -0.2) is 43.0 Å². The van der Waals surface area contributed by atoms with E-state index in [9.17, 15) is 9.59 Å². The molecule has 1 atom stereocenters. The van der Waals surface area contributed by atoms with E-state index in [1.54, 1.807) is 11.8 Å². The molecule has 0 aromatic rings. The zero-order chi connectivity index (χ0) is 16.4. The van der Waals surface area contributed by atoms with Gasteiger partial charge < -0.3 is 15.4 Å². The van der Waals surface area contributed by atoms with E-state index in [0.29, 0.717) is 38.0 Å². The standard InChI is InChI=1S/C16H32N2O3/c1-6-21-16(20)11-18(10-13(4)5)15(19)8-14(9-17)7-12(2)3/h12-14H,6-11,17H2,1-5H3/t14-/m0/s1. The molecule has 0 aromatic carbocycles. The van der Waals surface area contributed by atoms with E-state index in [4.69, 9.17) is 10.5 Å². The van der Waals surface area contributed by atoms with Gasteiger partial charge in [-0.1, -0.05) is 27.7 Å². The molecule has 0 bridgehead atoms. The van der Waals surface area contributed by atoms with Gasteiger partial charge in [-0.05, 0) is 37.6 Å². The Morgan fingerprint density at radius 2 is 1.76 bits per heavy atom. The van der Waals surface area contributed by atoms with Crippen molar-refractivity contribution in [2.24, 2.45) is 23.5 Å². The van der Waals surface area contributed by atoms with Gasteiger partial charge in [0.25, 0.3) is 0 Å². The lowest BCUT2D eigenvalue weighted by Crippen LogP contribution is -2.40. The third-order valence-corrected chi connectivity index (χ3v) is 3.16. The van der Waals surface area contributed by atoms with Gasteiger partial charge >= 0.3 is 5.97 Å². The molecule has 0 radical (unpaired) electrons. The number of rotatable bonds is 10. The minimum absolute atomic E-state index is 0.00662. The van der Waals surface area contributed by atoms with Crippen molar-refractivity contribution in [2.45, 2.75) is 47.5 Å². The van der Waals surface area contributed by atoms with Crippen molar-refractivity contribution in [3.63, 3.8) is 0 Å². The zero-order valence-corrected chi connectivity index (χ0v) is 14.2. The molecule has 124 valence electrons. The summed E-state index contributed by atoms with van der Waals surface area (Å²) in [7, 11) is 0. The first-order valence-corrected chi connectivity index (χ1v) is 7.93. The van der Waals surface area contributed by atoms with E-state index < -0.39 is 0 Å². The van der Waals surface area contributed by atoms with Gasteiger partial charge in [0.1, 0.15) is 6.54 Å². The van der Waals surface area contributed by atoms with Crippen LogP contribution in [0.15, 0.2) is 0 Å². The fourth-order valence-electron chi connectivity index (χ4n) is 2.36. The topological polar surface area (TPSA) is 72.6 Å². The van der Waals surface area contributed by atoms with Crippen LogP contribution in [0.4, 0.5) is 0 Å². The lowest BCUT2D eigenvalue weighted by molar-refractivity contribution is -0.149. The third kappa shape index (κ3) is 9.45. The first-order chi connectivity index (χ1) is 9.79. The van der Waals surface area contributed by atoms with Gasteiger partial charge in [0.05, 0.1) is 6.61 Å². The van der Waals surface area contributed by atoms with Crippen LogP contribution < -0.4 is 5.73 Å². The highest BCUT2D eigenvalue weighted by Gasteiger charge is 2.22. The number of nitrogens with zero attached hydrogens (tertiary/aromatic N) is 1. The summed E-state index contributed by atoms with van der Waals surface area (Å²) in [5.74, 6) is 0.640. The van der Waals surface area contributed by atoms with Crippen molar-refractivity contribution < 1.29 is 14.3 Å². The Bertz CT molecular complexity index is 317. The summed E-state index contributed by atoms with van der Waals surface area (Å²) in [4.78, 5) is 25.7. The Labute approximate surface area is 129 Å². The van der Waals surface area contributed by atoms with Crippen LogP contribution in [0.3, 0.4) is 0 Å². The molecular formula is C16H32N2O3. The van der Waals surface area contributed by atoms with Crippen molar-refractivity contribution in [2.75, 3.05) is 26.2 Å². The molecule has 0 aliphatic heterocycles. The maximum atomic E-state index is 12.4. The first kappa shape index (κ1) is 19.9. The molecule has 0 heterocycles. The van der Waals surface area contributed by atoms with E-state index in [0.717, 1.165) is 6.42 Å². The fourth-order valence-corrected chi connectivity index (χ4v) is 2.36. The highest BCUT2D eigenvalue weighted by atomic mass is 16.5. The minimum Gasteiger partial charge on any atom is -0.465 e. The van der Waals surface area contributed by atoms with Crippen LogP contribution in [0.5, 0.6) is 0 Å². The molecule has 1 amide bonds. The summed E-state index contributed by atoms with van der Waals surface area (Å²) in [5.41, 5.74) is 5.76. The minimum atomic E-state index is -0.348. The second-order valence-corrected chi connectivity index (χ2v) is 6.41. The number of nitrogens with two attached hydrogens (primary N) is 1. The molecule has 2 N–H and O–H groups in total. The highest BCUT2D eigenvalue weighted by molar-refractivity contribution is 5.82. The molecular weight excluding hydrogens is 268 g/mol. The number of carbonyl (C=O) groups excluding carboxylic acids is 2. The van der Waals surface area contributed by atoms with Gasteiger partial charge in [0.2, 0.25) is 5.91 Å². The molecule has 0 aliphatic carbocycles. The van der Waals surface area contributed by atoms with Crippen LogP contribution in [0.25, 0.3) is 0 Å². The average molecular weight is 300 g/mol. The molecule has 0 saturated carbocycles. The number of hydrogen-bond donors (Lipinski definition) is 1. The Morgan fingerprint density at radius 3 is 2.19 bits per heavy atom. The maximum absolute atomic E-state index is 12.4. The van der Waals surface area contributed by atoms with E-state index in [1.165, 1.54) is 0 Å². The van der Waals surface area contributed by atoms with Gasteiger partial charge in [0.15, 0.2) is 0 Å². The van der Waals surface area contributed by atoms with Gasteiger partial charge in [0, 0.05) is 13.0 Å². The molecule has 5 nitrogen and oxygen atoms in total. The van der Waals surface area contributed by atoms with Crippen LogP contribution in [0, 0.1) is 17.8 Å². The fraction of sp³-hybridized carbons (Fsp3) is 0.875. The summed E-state index contributed by atoms with van der Waals surface area (Å²) < 4.78 is 4.94. The highest BCUT2D eigenvalue weighted by Crippen LogP contribution is 2.16. The normalized spacial score (nSPS) is 12.6. The molecule has 0 aliphatic rings. The Kier molecular flexibility index (Phi) is 10.0. The van der Waals surface area contributed by atoms with E-state index in [2.05, 4.69) is 13.8 Å². The molecule has 21 heavy (non-hydrogen) atoms. The Morgan fingerprint density at radius 1 is 1.14 bits per heavy atom. The summed E-state index contributed by atoms with van der Waals surface area (Å²) in [5, 5.41) is 0. The van der Waals surface area contributed by atoms with Crippen molar-refractivity contribution in [1.29, 1.82) is 0 Å². The van der Waals surface area contributed by atoms with Gasteiger partial charge in [-0.25, -0.2) is 0 Å². The number of esters is 1. The Hall–Kier alpha value is -1.10. The largest absolute Gasteiger partial charge is 0.465 e. The number of amides is 1. The van der Waals surface area contributed by atoms with Crippen LogP contribution >= 0.6 is 0 Å². The van der Waals surface area contributed by atoms with E-state index in [1.807, 2.05) is 13.8 Å². The lowest BCUT2D eigenvalue weighted by Gasteiger charge is -2.26. The predicted molar refractivity (Wildman–Crippen MR) is 84.7 cm³/mol. The molecule has 5 heteroatoms. The van der Waals surface area contributed by atoms with Crippen LogP contribution in [0.2, 0.25) is 0 Å². The zero-order valence-electron chi connectivity index (χ0n) is 14.2. The van der Waals surface area contributed by atoms with Crippen LogP contribution in [-0.2, 0) is 14.3 Å². The first-order valence-electron chi connectivity index (χ1n) is 7.93. The summed E-state index contributed by atoms with van der Waals surface area (Å²) in [6.45, 7) is 11.5. The maximum Gasteiger partial charge on any atom is 0.325 e. The van der Waals surface area contributed by atoms with E-state index in [-0.39, 0.29) is 24.3 Å². The smallest absolute Gasteiger partial charge is 0.325 e. The second-order valence-electron chi connectivity index (χ2n) is 6.41. The number of ether oxygens (including phenoxy) is 1. The van der Waals surface area contributed by atoms with Crippen molar-refractivity contribution in [1.82, 2.24) is 4.90 Å². The van der Waals surface area contributed by atoms with Crippen LogP contribution in [0.1, 0.15) is 47.5 Å². The quantitative estimate of drug-likeness (QED) is 0.627. The summed E-state index contributed by atoms with van der Waals surface area (Å²) >= 11 is 0. The molecule has 0 rings (SSSR count). The van der Waals surface area contributed by atoms with Crippen molar-refractivity contribution in [3.8, 4) is 0 Å². The molecule has 0 spiro atoms. The van der Waals surface area contributed by atoms with E-state index >= 15 is 0 Å². The van der Waals surface area contributed by atoms with Gasteiger partial charge in [-0.15, -0.1) is 0 Å². The van der Waals surface area contributed by atoms with Gasteiger partial charge in [-0.2, -0.15) is 0 Å². The van der Waals surface area contributed by atoms with Crippen molar-refractivity contribution >= 4 is 11.9 Å². The van der Waals surface area contributed by atoms with Gasteiger partial charge in [-0.3, -0.25) is 9.59 Å². The van der Waals surface area contributed by atoms with Crippen molar-refractivity contribution in [3.05, 3.63) is 0 Å². The monoisotopic (exact) mass is 300 g/mol. The number of carbonyl (C=O) groups is 2. The lowest BCUT2D eigenvalue weighted by atomic mass is 9.93.